The number of hydrogen-bond acceptors (Lipinski definition) is 3. The standard InChI is InChI=1S/C11H17NO3S/c1-7-6-12(4-5-16-7)10(13)8-2-3-9(8)11(14)15/h7-9H,2-6H2,1H3,(H,14,15). The number of hydrogen-bond donors (Lipinski definition) is 1. The fourth-order valence-electron chi connectivity index (χ4n) is 2.34. The second-order valence-electron chi connectivity index (χ2n) is 4.59. The molecule has 4 nitrogen and oxygen atoms in total. The van der Waals surface area contributed by atoms with E-state index < -0.39 is 11.9 Å². The first-order valence-electron chi connectivity index (χ1n) is 5.73. The maximum atomic E-state index is 12.1. The molecule has 0 aromatic heterocycles. The summed E-state index contributed by atoms with van der Waals surface area (Å²) in [6.07, 6.45) is 1.40. The third kappa shape index (κ3) is 2.19. The lowest BCUT2D eigenvalue weighted by atomic mass is 9.73. The molecule has 1 saturated carbocycles. The van der Waals surface area contributed by atoms with Crippen molar-refractivity contribution >= 4 is 23.6 Å². The predicted molar refractivity (Wildman–Crippen MR) is 62.3 cm³/mol. The molecule has 1 amide bonds. The summed E-state index contributed by atoms with van der Waals surface area (Å²) in [4.78, 5) is 24.8. The summed E-state index contributed by atoms with van der Waals surface area (Å²) < 4.78 is 0. The predicted octanol–water partition coefficient (Wildman–Crippen LogP) is 1.06. The van der Waals surface area contributed by atoms with Gasteiger partial charge in [-0.25, -0.2) is 0 Å². The normalized spacial score (nSPS) is 34.3. The van der Waals surface area contributed by atoms with Crippen LogP contribution in [0.4, 0.5) is 0 Å². The molecule has 2 rings (SSSR count). The van der Waals surface area contributed by atoms with Crippen LogP contribution in [0.3, 0.4) is 0 Å². The van der Waals surface area contributed by atoms with E-state index in [1.807, 2.05) is 16.7 Å². The van der Waals surface area contributed by atoms with Crippen molar-refractivity contribution in [3.63, 3.8) is 0 Å². The Morgan fingerprint density at radius 1 is 1.31 bits per heavy atom. The summed E-state index contributed by atoms with van der Waals surface area (Å²) in [5, 5.41) is 9.40. The highest BCUT2D eigenvalue weighted by Crippen LogP contribution is 2.36. The first-order valence-corrected chi connectivity index (χ1v) is 6.77. The molecule has 90 valence electrons. The zero-order chi connectivity index (χ0) is 11.7. The lowest BCUT2D eigenvalue weighted by Gasteiger charge is -2.39. The first-order chi connectivity index (χ1) is 7.59. The minimum atomic E-state index is -0.816. The maximum Gasteiger partial charge on any atom is 0.307 e. The molecule has 0 aromatic carbocycles. The van der Waals surface area contributed by atoms with Crippen LogP contribution in [0.5, 0.6) is 0 Å². The van der Waals surface area contributed by atoms with Gasteiger partial charge >= 0.3 is 5.97 Å². The van der Waals surface area contributed by atoms with Crippen molar-refractivity contribution in [2.75, 3.05) is 18.8 Å². The fourth-order valence-corrected chi connectivity index (χ4v) is 3.36. The largest absolute Gasteiger partial charge is 0.481 e. The molecule has 1 N–H and O–H groups in total. The molecular formula is C11H17NO3S. The van der Waals surface area contributed by atoms with E-state index in [0.717, 1.165) is 25.3 Å². The molecule has 1 aliphatic heterocycles. The molecule has 2 aliphatic rings. The zero-order valence-electron chi connectivity index (χ0n) is 9.39. The van der Waals surface area contributed by atoms with Gasteiger partial charge in [-0.2, -0.15) is 11.8 Å². The zero-order valence-corrected chi connectivity index (χ0v) is 10.2. The highest BCUT2D eigenvalue weighted by atomic mass is 32.2. The molecule has 1 heterocycles. The molecule has 1 aliphatic carbocycles. The number of carbonyl (C=O) groups excluding carboxylic acids is 1. The molecule has 1 saturated heterocycles. The van der Waals surface area contributed by atoms with Crippen LogP contribution in [-0.2, 0) is 9.59 Å². The van der Waals surface area contributed by atoms with Crippen molar-refractivity contribution in [1.82, 2.24) is 4.90 Å². The Morgan fingerprint density at radius 3 is 2.50 bits per heavy atom. The molecule has 5 heteroatoms. The number of aliphatic carboxylic acids is 1. The molecule has 16 heavy (non-hydrogen) atoms. The van der Waals surface area contributed by atoms with Gasteiger partial charge in [0, 0.05) is 24.1 Å². The van der Waals surface area contributed by atoms with E-state index in [2.05, 4.69) is 6.92 Å². The number of carboxylic acids is 1. The number of amides is 1. The smallest absolute Gasteiger partial charge is 0.307 e. The Bertz CT molecular complexity index is 308. The van der Waals surface area contributed by atoms with Crippen molar-refractivity contribution in [2.24, 2.45) is 11.8 Å². The highest BCUT2D eigenvalue weighted by molar-refractivity contribution is 7.99. The van der Waals surface area contributed by atoms with Gasteiger partial charge in [0.25, 0.3) is 0 Å². The quantitative estimate of drug-likeness (QED) is 0.788. The van der Waals surface area contributed by atoms with Crippen molar-refractivity contribution in [1.29, 1.82) is 0 Å². The van der Waals surface area contributed by atoms with Gasteiger partial charge in [0.1, 0.15) is 0 Å². The maximum absolute atomic E-state index is 12.1. The van der Waals surface area contributed by atoms with E-state index in [-0.39, 0.29) is 11.8 Å². The van der Waals surface area contributed by atoms with Gasteiger partial charge in [0.2, 0.25) is 5.91 Å². The fraction of sp³-hybridized carbons (Fsp3) is 0.818. The molecule has 2 fully saturated rings. The Labute approximate surface area is 99.4 Å². The van der Waals surface area contributed by atoms with E-state index in [1.165, 1.54) is 0 Å². The van der Waals surface area contributed by atoms with Crippen LogP contribution in [0.15, 0.2) is 0 Å². The van der Waals surface area contributed by atoms with Crippen LogP contribution in [0, 0.1) is 11.8 Å². The molecule has 0 spiro atoms. The Hall–Kier alpha value is -0.710. The average Bonchev–Trinajstić information content (AvgIpc) is 2.14. The molecule has 3 unspecified atom stereocenters. The number of thioether (sulfide) groups is 1. The van der Waals surface area contributed by atoms with Crippen molar-refractivity contribution in [3.05, 3.63) is 0 Å². The third-order valence-electron chi connectivity index (χ3n) is 3.46. The Morgan fingerprint density at radius 2 is 2.00 bits per heavy atom. The SMILES string of the molecule is CC1CN(C(=O)C2CCC2C(=O)O)CCS1. The summed E-state index contributed by atoms with van der Waals surface area (Å²) in [6, 6.07) is 0. The minimum Gasteiger partial charge on any atom is -0.481 e. The van der Waals surface area contributed by atoms with Crippen molar-refractivity contribution in [3.8, 4) is 0 Å². The second kappa shape index (κ2) is 4.65. The number of carbonyl (C=O) groups is 2. The third-order valence-corrected chi connectivity index (χ3v) is 4.60. The van der Waals surface area contributed by atoms with E-state index in [4.69, 9.17) is 5.11 Å². The molecule has 3 atom stereocenters. The van der Waals surface area contributed by atoms with Crippen LogP contribution in [0.1, 0.15) is 19.8 Å². The van der Waals surface area contributed by atoms with Crippen LogP contribution >= 0.6 is 11.8 Å². The average molecular weight is 243 g/mol. The van der Waals surface area contributed by atoms with Crippen LogP contribution in [0.2, 0.25) is 0 Å². The summed E-state index contributed by atoms with van der Waals surface area (Å²) in [7, 11) is 0. The Kier molecular flexibility index (Phi) is 3.42. The summed E-state index contributed by atoms with van der Waals surface area (Å²) >= 11 is 1.87. The van der Waals surface area contributed by atoms with Crippen LogP contribution < -0.4 is 0 Å². The van der Waals surface area contributed by atoms with Crippen LogP contribution in [-0.4, -0.2) is 46.0 Å². The van der Waals surface area contributed by atoms with Crippen molar-refractivity contribution < 1.29 is 14.7 Å². The van der Waals surface area contributed by atoms with Gasteiger partial charge < -0.3 is 10.0 Å². The lowest BCUT2D eigenvalue weighted by molar-refractivity contribution is -0.156. The minimum absolute atomic E-state index is 0.0609. The molecule has 0 bridgehead atoms. The van der Waals surface area contributed by atoms with Gasteiger partial charge in [0.15, 0.2) is 0 Å². The number of rotatable bonds is 2. The van der Waals surface area contributed by atoms with Crippen molar-refractivity contribution in [2.45, 2.75) is 25.0 Å². The van der Waals surface area contributed by atoms with Gasteiger partial charge in [-0.05, 0) is 12.8 Å². The van der Waals surface area contributed by atoms with E-state index in [1.54, 1.807) is 0 Å². The highest BCUT2D eigenvalue weighted by Gasteiger charge is 2.43. The molecule has 0 radical (unpaired) electrons. The second-order valence-corrected chi connectivity index (χ2v) is 6.14. The summed E-state index contributed by atoms with van der Waals surface area (Å²) in [5.74, 6) is -0.475. The van der Waals surface area contributed by atoms with Gasteiger partial charge in [-0.15, -0.1) is 0 Å². The van der Waals surface area contributed by atoms with E-state index in [9.17, 15) is 9.59 Å². The van der Waals surface area contributed by atoms with Gasteiger partial charge in [-0.1, -0.05) is 6.92 Å². The van der Waals surface area contributed by atoms with E-state index in [0.29, 0.717) is 11.7 Å². The topological polar surface area (TPSA) is 57.6 Å². The van der Waals surface area contributed by atoms with E-state index >= 15 is 0 Å². The number of nitrogens with zero attached hydrogens (tertiary/aromatic N) is 1. The lowest BCUT2D eigenvalue weighted by Crippen LogP contribution is -2.49. The molecular weight excluding hydrogens is 226 g/mol. The monoisotopic (exact) mass is 243 g/mol. The van der Waals surface area contributed by atoms with Crippen LogP contribution in [0.25, 0.3) is 0 Å². The van der Waals surface area contributed by atoms with Gasteiger partial charge in [0.05, 0.1) is 11.8 Å². The first kappa shape index (κ1) is 11.8. The molecule has 0 aromatic rings. The van der Waals surface area contributed by atoms with Gasteiger partial charge in [-0.3, -0.25) is 9.59 Å². The number of carboxylic acid groups (broad SMARTS) is 1. The Balaban J connectivity index is 1.94. The summed E-state index contributed by atoms with van der Waals surface area (Å²) in [6.45, 7) is 3.66. The summed E-state index contributed by atoms with van der Waals surface area (Å²) in [5.41, 5.74) is 0.